The normalized spacial score (nSPS) is 22.4. The highest BCUT2D eigenvalue weighted by Gasteiger charge is 2.41. The van der Waals surface area contributed by atoms with Crippen LogP contribution in [-0.4, -0.2) is 91.6 Å². The fraction of sp³-hybridized carbons (Fsp3) is 0.647. The Morgan fingerprint density at radius 3 is 2.68 bits per heavy atom. The number of carboxylic acids is 1. The van der Waals surface area contributed by atoms with Crippen molar-refractivity contribution in [1.82, 2.24) is 9.80 Å². The largest absolute Gasteiger partial charge is 0.490 e. The third kappa shape index (κ3) is 6.43. The molecule has 11 heteroatoms. The van der Waals surface area contributed by atoms with E-state index in [1.165, 1.54) is 0 Å². The molecule has 28 heavy (non-hydrogen) atoms. The average molecular weight is 424 g/mol. The Balaban J connectivity index is 0.000000345. The second kappa shape index (κ2) is 10.2. The maximum atomic E-state index is 12.4. The van der Waals surface area contributed by atoms with E-state index in [0.29, 0.717) is 12.5 Å². The molecule has 1 amide bonds. The Bertz CT molecular complexity index is 641. The van der Waals surface area contributed by atoms with Gasteiger partial charge in [0.15, 0.2) is 0 Å². The van der Waals surface area contributed by atoms with E-state index in [2.05, 4.69) is 4.90 Å². The summed E-state index contributed by atoms with van der Waals surface area (Å²) in [7, 11) is 1.73. The summed E-state index contributed by atoms with van der Waals surface area (Å²) in [6, 6.07) is 4.33. The molecule has 1 aromatic heterocycles. The number of fused-ring (bicyclic) bond motifs is 1. The Kier molecular flexibility index (Phi) is 8.23. The Morgan fingerprint density at radius 1 is 1.39 bits per heavy atom. The standard InChI is InChI=1S/C15H22N2O3S.C2HF3O2/c1-19-6-4-16-5-7-20-14-11-17(10-13(14)16)15(18)9-12-3-2-8-21-12;3-2(4,5)1(6)7/h2-3,8,13-14H,4-7,9-11H2,1H3;(H,6,7)/t13-,14+;/m1./s1. The number of aliphatic carboxylic acids is 1. The lowest BCUT2D eigenvalue weighted by atomic mass is 10.1. The fourth-order valence-corrected chi connectivity index (χ4v) is 3.82. The van der Waals surface area contributed by atoms with Crippen molar-refractivity contribution in [1.29, 1.82) is 0 Å². The molecular weight excluding hydrogens is 401 g/mol. The molecule has 2 aliphatic heterocycles. The molecule has 2 fully saturated rings. The first-order chi connectivity index (χ1) is 13.2. The minimum absolute atomic E-state index is 0.155. The number of carboxylic acid groups (broad SMARTS) is 1. The fourth-order valence-electron chi connectivity index (χ4n) is 3.12. The van der Waals surface area contributed by atoms with Gasteiger partial charge in [-0.25, -0.2) is 4.79 Å². The molecule has 0 radical (unpaired) electrons. The number of ether oxygens (including phenoxy) is 2. The van der Waals surface area contributed by atoms with E-state index in [9.17, 15) is 18.0 Å². The van der Waals surface area contributed by atoms with Gasteiger partial charge >= 0.3 is 12.1 Å². The van der Waals surface area contributed by atoms with Crippen molar-refractivity contribution in [3.8, 4) is 0 Å². The number of thiophene rings is 1. The zero-order valence-electron chi connectivity index (χ0n) is 15.4. The van der Waals surface area contributed by atoms with Crippen LogP contribution < -0.4 is 0 Å². The first-order valence-corrected chi connectivity index (χ1v) is 9.55. The molecule has 2 aliphatic rings. The summed E-state index contributed by atoms with van der Waals surface area (Å²) in [4.78, 5) is 26.8. The topological polar surface area (TPSA) is 79.3 Å². The summed E-state index contributed by atoms with van der Waals surface area (Å²) < 4.78 is 42.8. The molecule has 3 rings (SSSR count). The van der Waals surface area contributed by atoms with E-state index in [-0.39, 0.29) is 12.0 Å². The van der Waals surface area contributed by atoms with Crippen LogP contribution in [0.15, 0.2) is 17.5 Å². The maximum absolute atomic E-state index is 12.4. The minimum atomic E-state index is -5.08. The van der Waals surface area contributed by atoms with Crippen LogP contribution in [0, 0.1) is 0 Å². The molecule has 0 bridgehead atoms. The molecule has 0 unspecified atom stereocenters. The summed E-state index contributed by atoms with van der Waals surface area (Å²) in [6.45, 7) is 4.81. The molecule has 2 saturated heterocycles. The van der Waals surface area contributed by atoms with Crippen molar-refractivity contribution < 1.29 is 37.3 Å². The lowest BCUT2D eigenvalue weighted by molar-refractivity contribution is -0.192. The maximum Gasteiger partial charge on any atom is 0.490 e. The van der Waals surface area contributed by atoms with Gasteiger partial charge in [-0.15, -0.1) is 11.3 Å². The Hall–Kier alpha value is -1.69. The molecule has 0 aromatic carbocycles. The van der Waals surface area contributed by atoms with Crippen LogP contribution in [0.25, 0.3) is 0 Å². The summed E-state index contributed by atoms with van der Waals surface area (Å²) >= 11 is 1.64. The second-order valence-electron chi connectivity index (χ2n) is 6.36. The average Bonchev–Trinajstić information content (AvgIpc) is 3.29. The quantitative estimate of drug-likeness (QED) is 0.772. The van der Waals surface area contributed by atoms with Crippen LogP contribution in [0.1, 0.15) is 4.88 Å². The minimum Gasteiger partial charge on any atom is -0.475 e. The highest BCUT2D eigenvalue weighted by Crippen LogP contribution is 2.24. The molecule has 0 spiro atoms. The number of nitrogens with zero attached hydrogens (tertiary/aromatic N) is 2. The number of hydrogen-bond donors (Lipinski definition) is 1. The number of carbonyl (C=O) groups excluding carboxylic acids is 1. The van der Waals surface area contributed by atoms with Crippen LogP contribution in [0.3, 0.4) is 0 Å². The highest BCUT2D eigenvalue weighted by atomic mass is 32.1. The number of methoxy groups -OCH3 is 1. The molecule has 0 saturated carbocycles. The lowest BCUT2D eigenvalue weighted by Gasteiger charge is -2.36. The van der Waals surface area contributed by atoms with Crippen LogP contribution in [0.5, 0.6) is 0 Å². The number of amides is 1. The van der Waals surface area contributed by atoms with E-state index in [4.69, 9.17) is 19.4 Å². The predicted molar refractivity (Wildman–Crippen MR) is 95.3 cm³/mol. The van der Waals surface area contributed by atoms with E-state index in [1.807, 2.05) is 22.4 Å². The molecule has 1 N–H and O–H groups in total. The van der Waals surface area contributed by atoms with Gasteiger partial charge in [0.1, 0.15) is 0 Å². The van der Waals surface area contributed by atoms with Crippen LogP contribution in [-0.2, 0) is 25.5 Å². The molecule has 158 valence electrons. The van der Waals surface area contributed by atoms with Gasteiger partial charge in [0.2, 0.25) is 5.91 Å². The third-order valence-corrected chi connectivity index (χ3v) is 5.38. The molecule has 3 heterocycles. The van der Waals surface area contributed by atoms with E-state index in [0.717, 1.165) is 44.3 Å². The number of likely N-dealkylation sites (tertiary alicyclic amines) is 1. The molecular formula is C17H23F3N2O5S. The van der Waals surface area contributed by atoms with Crippen LogP contribution in [0.4, 0.5) is 13.2 Å². The van der Waals surface area contributed by atoms with Gasteiger partial charge in [-0.05, 0) is 11.4 Å². The predicted octanol–water partition coefficient (Wildman–Crippen LogP) is 1.48. The SMILES string of the molecule is COCCN1CCO[C@H]2CN(C(=O)Cc3cccs3)C[C@H]21.O=C(O)C(F)(F)F. The van der Waals surface area contributed by atoms with E-state index >= 15 is 0 Å². The number of rotatable bonds is 5. The van der Waals surface area contributed by atoms with Gasteiger partial charge in [0.25, 0.3) is 0 Å². The summed E-state index contributed by atoms with van der Waals surface area (Å²) in [6.07, 6.45) is -4.42. The van der Waals surface area contributed by atoms with Crippen molar-refractivity contribution in [2.75, 3.05) is 46.5 Å². The van der Waals surface area contributed by atoms with Gasteiger partial charge in [0, 0.05) is 38.2 Å². The Labute approximate surface area is 164 Å². The first-order valence-electron chi connectivity index (χ1n) is 8.67. The van der Waals surface area contributed by atoms with Gasteiger partial charge in [-0.2, -0.15) is 13.2 Å². The van der Waals surface area contributed by atoms with Crippen molar-refractivity contribution in [2.45, 2.75) is 24.7 Å². The smallest absolute Gasteiger partial charge is 0.475 e. The zero-order chi connectivity index (χ0) is 20.7. The van der Waals surface area contributed by atoms with Crippen molar-refractivity contribution in [2.24, 2.45) is 0 Å². The summed E-state index contributed by atoms with van der Waals surface area (Å²) in [5.74, 6) is -2.55. The Morgan fingerprint density at radius 2 is 2.11 bits per heavy atom. The van der Waals surface area contributed by atoms with E-state index in [1.54, 1.807) is 18.4 Å². The van der Waals surface area contributed by atoms with E-state index < -0.39 is 12.1 Å². The van der Waals surface area contributed by atoms with Crippen molar-refractivity contribution in [3.05, 3.63) is 22.4 Å². The lowest BCUT2D eigenvalue weighted by Crippen LogP contribution is -2.51. The molecule has 7 nitrogen and oxygen atoms in total. The van der Waals surface area contributed by atoms with Gasteiger partial charge in [-0.3, -0.25) is 9.69 Å². The molecule has 0 aliphatic carbocycles. The number of halogens is 3. The first kappa shape index (κ1) is 22.6. The van der Waals surface area contributed by atoms with Crippen LogP contribution in [0.2, 0.25) is 0 Å². The third-order valence-electron chi connectivity index (χ3n) is 4.50. The second-order valence-corrected chi connectivity index (χ2v) is 7.40. The van der Waals surface area contributed by atoms with Gasteiger partial charge in [0.05, 0.1) is 31.8 Å². The van der Waals surface area contributed by atoms with Crippen molar-refractivity contribution in [3.63, 3.8) is 0 Å². The monoisotopic (exact) mass is 424 g/mol. The summed E-state index contributed by atoms with van der Waals surface area (Å²) in [5.41, 5.74) is 0. The number of morpholine rings is 1. The molecule has 1 aromatic rings. The summed E-state index contributed by atoms with van der Waals surface area (Å²) in [5, 5.41) is 9.14. The van der Waals surface area contributed by atoms with Gasteiger partial charge < -0.3 is 19.5 Å². The highest BCUT2D eigenvalue weighted by molar-refractivity contribution is 7.10. The number of carbonyl (C=O) groups is 2. The van der Waals surface area contributed by atoms with Crippen LogP contribution >= 0.6 is 11.3 Å². The van der Waals surface area contributed by atoms with Crippen molar-refractivity contribution >= 4 is 23.2 Å². The zero-order valence-corrected chi connectivity index (χ0v) is 16.2. The van der Waals surface area contributed by atoms with Gasteiger partial charge in [-0.1, -0.05) is 6.07 Å². The number of hydrogen-bond acceptors (Lipinski definition) is 6. The molecule has 2 atom stereocenters. The number of alkyl halides is 3.